The molecule has 2 aliphatic heterocycles. The van der Waals surface area contributed by atoms with Gasteiger partial charge in [-0.1, -0.05) is 6.07 Å². The number of likely N-dealkylation sites (tertiary alicyclic amines) is 1. The predicted molar refractivity (Wildman–Crippen MR) is 114 cm³/mol. The van der Waals surface area contributed by atoms with Crippen LogP contribution in [-0.4, -0.2) is 81.8 Å². The average Bonchev–Trinajstić information content (AvgIpc) is 3.19. The van der Waals surface area contributed by atoms with Crippen LogP contribution in [0.2, 0.25) is 0 Å². The summed E-state index contributed by atoms with van der Waals surface area (Å²) >= 11 is 1.83. The zero-order valence-electron chi connectivity index (χ0n) is 17.0. The van der Waals surface area contributed by atoms with Crippen LogP contribution in [0.5, 0.6) is 0 Å². The SMILES string of the molecule is CN=C(NCC1CCCN(C)C1)NCC(c1cccs1)N1CCOC(C)C1. The van der Waals surface area contributed by atoms with Crippen molar-refractivity contribution in [3.8, 4) is 0 Å². The molecular formula is C20H35N5OS. The number of piperidine rings is 1. The fraction of sp³-hybridized carbons (Fsp3) is 0.750. The summed E-state index contributed by atoms with van der Waals surface area (Å²) in [6.45, 7) is 9.18. The topological polar surface area (TPSA) is 52.1 Å². The molecule has 2 fully saturated rings. The lowest BCUT2D eigenvalue weighted by Gasteiger charge is -2.37. The highest BCUT2D eigenvalue weighted by Crippen LogP contribution is 2.26. The van der Waals surface area contributed by atoms with Gasteiger partial charge in [-0.05, 0) is 50.7 Å². The van der Waals surface area contributed by atoms with Crippen molar-refractivity contribution in [3.63, 3.8) is 0 Å². The summed E-state index contributed by atoms with van der Waals surface area (Å²) < 4.78 is 5.74. The lowest BCUT2D eigenvalue weighted by atomic mass is 9.99. The maximum Gasteiger partial charge on any atom is 0.191 e. The number of ether oxygens (including phenoxy) is 1. The zero-order chi connectivity index (χ0) is 19.1. The van der Waals surface area contributed by atoms with Gasteiger partial charge in [0.05, 0.1) is 18.8 Å². The molecule has 2 saturated heterocycles. The van der Waals surface area contributed by atoms with E-state index in [2.05, 4.69) is 56.9 Å². The molecule has 0 bridgehead atoms. The molecule has 27 heavy (non-hydrogen) atoms. The highest BCUT2D eigenvalue weighted by Gasteiger charge is 2.26. The van der Waals surface area contributed by atoms with E-state index in [-0.39, 0.29) is 0 Å². The second kappa shape index (κ2) is 10.4. The van der Waals surface area contributed by atoms with Crippen molar-refractivity contribution < 1.29 is 4.74 Å². The minimum atomic E-state index is 0.293. The quantitative estimate of drug-likeness (QED) is 0.572. The highest BCUT2D eigenvalue weighted by atomic mass is 32.1. The van der Waals surface area contributed by atoms with Crippen LogP contribution in [0.1, 0.15) is 30.7 Å². The first-order valence-corrected chi connectivity index (χ1v) is 11.1. The van der Waals surface area contributed by atoms with Gasteiger partial charge in [0.2, 0.25) is 0 Å². The lowest BCUT2D eigenvalue weighted by Crippen LogP contribution is -2.49. The third-order valence-electron chi connectivity index (χ3n) is 5.55. The summed E-state index contributed by atoms with van der Waals surface area (Å²) in [6, 6.07) is 4.74. The Balaban J connectivity index is 1.53. The molecule has 3 atom stereocenters. The van der Waals surface area contributed by atoms with Crippen LogP contribution in [-0.2, 0) is 4.74 Å². The average molecular weight is 394 g/mol. The van der Waals surface area contributed by atoms with Gasteiger partial charge in [-0.25, -0.2) is 0 Å². The minimum absolute atomic E-state index is 0.293. The van der Waals surface area contributed by atoms with Crippen LogP contribution in [0.3, 0.4) is 0 Å². The van der Waals surface area contributed by atoms with E-state index in [1.54, 1.807) is 0 Å². The van der Waals surface area contributed by atoms with E-state index in [0.29, 0.717) is 18.1 Å². The minimum Gasteiger partial charge on any atom is -0.376 e. The van der Waals surface area contributed by atoms with Crippen LogP contribution >= 0.6 is 11.3 Å². The summed E-state index contributed by atoms with van der Waals surface area (Å²) in [7, 11) is 4.08. The molecule has 1 aromatic rings. The highest BCUT2D eigenvalue weighted by molar-refractivity contribution is 7.10. The van der Waals surface area contributed by atoms with Gasteiger partial charge in [0.25, 0.3) is 0 Å². The third kappa shape index (κ3) is 6.17. The van der Waals surface area contributed by atoms with Gasteiger partial charge < -0.3 is 20.3 Å². The molecule has 0 amide bonds. The van der Waals surface area contributed by atoms with Gasteiger partial charge in [-0.15, -0.1) is 11.3 Å². The number of morpholine rings is 1. The van der Waals surface area contributed by atoms with E-state index in [0.717, 1.165) is 38.7 Å². The molecular weight excluding hydrogens is 358 g/mol. The van der Waals surface area contributed by atoms with E-state index in [1.807, 2.05) is 18.4 Å². The van der Waals surface area contributed by atoms with Crippen molar-refractivity contribution in [2.24, 2.45) is 10.9 Å². The van der Waals surface area contributed by atoms with Crippen molar-refractivity contribution in [2.75, 3.05) is 60.0 Å². The van der Waals surface area contributed by atoms with Crippen LogP contribution < -0.4 is 10.6 Å². The number of guanidine groups is 1. The molecule has 3 unspecified atom stereocenters. The summed E-state index contributed by atoms with van der Waals surface area (Å²) in [6.07, 6.45) is 2.89. The molecule has 0 aliphatic carbocycles. The van der Waals surface area contributed by atoms with E-state index >= 15 is 0 Å². The molecule has 6 nitrogen and oxygen atoms in total. The molecule has 152 valence electrons. The summed E-state index contributed by atoms with van der Waals surface area (Å²) in [5.74, 6) is 1.61. The van der Waals surface area contributed by atoms with Gasteiger partial charge in [0.15, 0.2) is 5.96 Å². The number of aliphatic imine (C=N–C) groups is 1. The van der Waals surface area contributed by atoms with Crippen molar-refractivity contribution in [2.45, 2.75) is 31.9 Å². The van der Waals surface area contributed by atoms with E-state index in [9.17, 15) is 0 Å². The second-order valence-corrected chi connectivity index (χ2v) is 8.79. The first-order valence-electron chi connectivity index (χ1n) is 10.2. The lowest BCUT2D eigenvalue weighted by molar-refractivity contribution is -0.0334. The monoisotopic (exact) mass is 393 g/mol. The molecule has 2 N–H and O–H groups in total. The van der Waals surface area contributed by atoms with Crippen LogP contribution in [0.25, 0.3) is 0 Å². The van der Waals surface area contributed by atoms with E-state index in [4.69, 9.17) is 4.74 Å². The Kier molecular flexibility index (Phi) is 7.93. The number of rotatable bonds is 6. The molecule has 0 saturated carbocycles. The van der Waals surface area contributed by atoms with Crippen LogP contribution in [0.4, 0.5) is 0 Å². The maximum absolute atomic E-state index is 5.74. The molecule has 2 aliphatic rings. The third-order valence-corrected chi connectivity index (χ3v) is 6.53. The Labute approximate surface area is 168 Å². The number of hydrogen-bond donors (Lipinski definition) is 2. The summed E-state index contributed by atoms with van der Waals surface area (Å²) in [5, 5.41) is 9.28. The summed E-state index contributed by atoms with van der Waals surface area (Å²) in [5.41, 5.74) is 0. The molecule has 0 aromatic carbocycles. The Morgan fingerprint density at radius 2 is 2.26 bits per heavy atom. The Bertz CT molecular complexity index is 579. The van der Waals surface area contributed by atoms with Crippen molar-refractivity contribution in [3.05, 3.63) is 22.4 Å². The fourth-order valence-corrected chi connectivity index (χ4v) is 4.97. The van der Waals surface area contributed by atoms with E-state index < -0.39 is 0 Å². The predicted octanol–water partition coefficient (Wildman–Crippen LogP) is 2.02. The first-order chi connectivity index (χ1) is 13.2. The Morgan fingerprint density at radius 1 is 1.37 bits per heavy atom. The molecule has 1 aromatic heterocycles. The zero-order valence-corrected chi connectivity index (χ0v) is 17.8. The van der Waals surface area contributed by atoms with Crippen molar-refractivity contribution >= 4 is 17.3 Å². The largest absolute Gasteiger partial charge is 0.376 e. The van der Waals surface area contributed by atoms with Gasteiger partial charge in [-0.2, -0.15) is 0 Å². The van der Waals surface area contributed by atoms with Crippen molar-refractivity contribution in [1.29, 1.82) is 0 Å². The summed E-state index contributed by atoms with van der Waals surface area (Å²) in [4.78, 5) is 10.8. The molecule has 7 heteroatoms. The Morgan fingerprint density at radius 3 is 2.96 bits per heavy atom. The number of hydrogen-bond acceptors (Lipinski definition) is 5. The second-order valence-electron chi connectivity index (χ2n) is 7.81. The van der Waals surface area contributed by atoms with Gasteiger partial charge in [-0.3, -0.25) is 9.89 Å². The Hall–Kier alpha value is -1.15. The molecule has 0 radical (unpaired) electrons. The first kappa shape index (κ1) is 20.6. The van der Waals surface area contributed by atoms with Crippen LogP contribution in [0, 0.1) is 5.92 Å². The number of thiophene rings is 1. The fourth-order valence-electron chi connectivity index (χ4n) is 4.11. The maximum atomic E-state index is 5.74. The van der Waals surface area contributed by atoms with Gasteiger partial charge >= 0.3 is 0 Å². The van der Waals surface area contributed by atoms with Crippen LogP contribution in [0.15, 0.2) is 22.5 Å². The van der Waals surface area contributed by atoms with Gasteiger partial charge in [0, 0.05) is 44.6 Å². The standard InChI is InChI=1S/C20H35N5OS/c1-16-14-25(9-10-26-16)18(19-7-5-11-27-19)13-23-20(21-2)22-12-17-6-4-8-24(3)15-17/h5,7,11,16-18H,4,6,8-10,12-15H2,1-3H3,(H2,21,22,23). The smallest absolute Gasteiger partial charge is 0.191 e. The number of nitrogens with zero attached hydrogens (tertiary/aromatic N) is 3. The van der Waals surface area contributed by atoms with Gasteiger partial charge in [0.1, 0.15) is 0 Å². The molecule has 0 spiro atoms. The van der Waals surface area contributed by atoms with Crippen molar-refractivity contribution in [1.82, 2.24) is 20.4 Å². The molecule has 3 heterocycles. The molecule has 3 rings (SSSR count). The normalized spacial score (nSPS) is 26.7. The van der Waals surface area contributed by atoms with E-state index in [1.165, 1.54) is 30.8 Å². The number of nitrogens with one attached hydrogen (secondary N) is 2.